The molecule has 1 aliphatic carbocycles. The molecule has 1 aromatic carbocycles. The third kappa shape index (κ3) is 4.60. The number of anilines is 1. The van der Waals surface area contributed by atoms with Gasteiger partial charge in [0.05, 0.1) is 5.92 Å². The van der Waals surface area contributed by atoms with Crippen LogP contribution >= 0.6 is 11.3 Å². The Morgan fingerprint density at radius 1 is 1.18 bits per heavy atom. The average molecular weight is 487 g/mol. The van der Waals surface area contributed by atoms with Gasteiger partial charge in [-0.3, -0.25) is 4.79 Å². The quantitative estimate of drug-likeness (QED) is 0.553. The van der Waals surface area contributed by atoms with Crippen molar-refractivity contribution in [2.75, 3.05) is 18.4 Å². The summed E-state index contributed by atoms with van der Waals surface area (Å²) in [5, 5.41) is 8.69. The van der Waals surface area contributed by atoms with E-state index in [4.69, 9.17) is 4.52 Å². The predicted octanol–water partition coefficient (Wildman–Crippen LogP) is 4.41. The molecule has 1 aliphatic heterocycles. The van der Waals surface area contributed by atoms with E-state index >= 15 is 0 Å². The summed E-state index contributed by atoms with van der Waals surface area (Å²) in [5.74, 6) is 0.829. The maximum atomic E-state index is 13.3. The molecule has 1 atom stereocenters. The van der Waals surface area contributed by atoms with E-state index < -0.39 is 15.9 Å². The van der Waals surface area contributed by atoms with Crippen LogP contribution in [0.4, 0.5) is 5.69 Å². The summed E-state index contributed by atoms with van der Waals surface area (Å²) in [5.41, 5.74) is 2.46. The van der Waals surface area contributed by atoms with E-state index in [1.54, 1.807) is 11.4 Å². The summed E-state index contributed by atoms with van der Waals surface area (Å²) >= 11 is 1.14. The van der Waals surface area contributed by atoms with Gasteiger partial charge in [-0.25, -0.2) is 8.42 Å². The molecule has 0 bridgehead atoms. The zero-order valence-corrected chi connectivity index (χ0v) is 20.0. The van der Waals surface area contributed by atoms with Crippen LogP contribution in [0.5, 0.6) is 0 Å². The van der Waals surface area contributed by atoms with Crippen molar-refractivity contribution in [1.29, 1.82) is 0 Å². The standard InChI is InChI=1S/C23H26N4O4S2/c1-15-7-9-19(10-8-15)24-22(28)17-6-3-11-27(13-17)33(29,30)20-12-18(14-32-20)21-25-23(31-26-21)16-4-2-5-16/h7-10,12,14,16-17H,2-6,11,13H2,1H3,(H,24,28)/t17-/m0/s1. The van der Waals surface area contributed by atoms with Gasteiger partial charge in [-0.05, 0) is 50.8 Å². The number of rotatable bonds is 6. The first kappa shape index (κ1) is 22.2. The number of hydrogen-bond donors (Lipinski definition) is 1. The molecule has 3 aromatic rings. The zero-order valence-electron chi connectivity index (χ0n) is 18.4. The van der Waals surface area contributed by atoms with Crippen LogP contribution in [0.1, 0.15) is 49.5 Å². The Morgan fingerprint density at radius 2 is 1.97 bits per heavy atom. The lowest BCUT2D eigenvalue weighted by molar-refractivity contribution is -0.120. The normalized spacial score (nSPS) is 19.8. The van der Waals surface area contributed by atoms with Crippen LogP contribution in [0.3, 0.4) is 0 Å². The first-order valence-electron chi connectivity index (χ1n) is 11.2. The number of thiophene rings is 1. The highest BCUT2D eigenvalue weighted by molar-refractivity contribution is 7.91. The number of nitrogens with zero attached hydrogens (tertiary/aromatic N) is 3. The second-order valence-electron chi connectivity index (χ2n) is 8.80. The molecule has 5 rings (SSSR count). The first-order valence-corrected chi connectivity index (χ1v) is 13.5. The number of nitrogens with one attached hydrogen (secondary N) is 1. The maximum absolute atomic E-state index is 13.3. The molecule has 1 N–H and O–H groups in total. The van der Waals surface area contributed by atoms with Crippen LogP contribution in [0.25, 0.3) is 11.4 Å². The SMILES string of the molecule is Cc1ccc(NC(=O)[C@H]2CCCN(S(=O)(=O)c3cc(-c4noc(C5CCC5)n4)cs3)C2)cc1. The van der Waals surface area contributed by atoms with Gasteiger partial charge >= 0.3 is 0 Å². The molecule has 8 nitrogen and oxygen atoms in total. The minimum absolute atomic E-state index is 0.152. The molecule has 0 radical (unpaired) electrons. The highest BCUT2D eigenvalue weighted by Gasteiger charge is 2.34. The van der Waals surface area contributed by atoms with Gasteiger partial charge in [0.25, 0.3) is 10.0 Å². The number of amides is 1. The number of piperidine rings is 1. The second kappa shape index (κ2) is 9.00. The average Bonchev–Trinajstić information content (AvgIpc) is 3.44. The number of aromatic nitrogens is 2. The van der Waals surface area contributed by atoms with E-state index in [0.717, 1.165) is 35.4 Å². The number of carbonyl (C=O) groups excluding carboxylic acids is 1. The van der Waals surface area contributed by atoms with Crippen molar-refractivity contribution in [2.24, 2.45) is 5.92 Å². The number of hydrogen-bond acceptors (Lipinski definition) is 7. The van der Waals surface area contributed by atoms with Gasteiger partial charge in [-0.2, -0.15) is 9.29 Å². The highest BCUT2D eigenvalue weighted by Crippen LogP contribution is 2.37. The van der Waals surface area contributed by atoms with Crippen LogP contribution in [0.15, 0.2) is 44.4 Å². The van der Waals surface area contributed by atoms with Crippen LogP contribution in [0, 0.1) is 12.8 Å². The maximum Gasteiger partial charge on any atom is 0.252 e. The lowest BCUT2D eigenvalue weighted by Crippen LogP contribution is -2.43. The molecule has 1 saturated carbocycles. The zero-order chi connectivity index (χ0) is 23.0. The lowest BCUT2D eigenvalue weighted by atomic mass is 9.85. The van der Waals surface area contributed by atoms with Crippen LogP contribution in [-0.4, -0.2) is 41.9 Å². The third-order valence-corrected chi connectivity index (χ3v) is 9.68. The van der Waals surface area contributed by atoms with Crippen molar-refractivity contribution in [3.8, 4) is 11.4 Å². The van der Waals surface area contributed by atoms with Gasteiger partial charge < -0.3 is 9.84 Å². The van der Waals surface area contributed by atoms with Crippen molar-refractivity contribution in [3.63, 3.8) is 0 Å². The second-order valence-corrected chi connectivity index (χ2v) is 11.9. The molecule has 0 unspecified atom stereocenters. The summed E-state index contributed by atoms with van der Waals surface area (Å²) in [6.45, 7) is 2.55. The van der Waals surface area contributed by atoms with E-state index in [0.29, 0.717) is 42.6 Å². The molecule has 0 spiro atoms. The number of benzene rings is 1. The first-order chi connectivity index (χ1) is 15.9. The number of aryl methyl sites for hydroxylation is 1. The number of sulfonamides is 1. The van der Waals surface area contributed by atoms with E-state index in [9.17, 15) is 13.2 Å². The highest BCUT2D eigenvalue weighted by atomic mass is 32.2. The van der Waals surface area contributed by atoms with Crippen molar-refractivity contribution in [1.82, 2.24) is 14.4 Å². The predicted molar refractivity (Wildman–Crippen MR) is 125 cm³/mol. The van der Waals surface area contributed by atoms with Crippen LogP contribution in [0.2, 0.25) is 0 Å². The Hall–Kier alpha value is -2.56. The summed E-state index contributed by atoms with van der Waals surface area (Å²) in [7, 11) is -3.71. The van der Waals surface area contributed by atoms with Crippen molar-refractivity contribution < 1.29 is 17.7 Å². The molecule has 2 aromatic heterocycles. The molecule has 1 amide bonds. The molecular formula is C23H26N4O4S2. The molecule has 2 fully saturated rings. The fourth-order valence-corrected chi connectivity index (χ4v) is 6.96. The Bertz CT molecular complexity index is 1250. The Balaban J connectivity index is 1.27. The Morgan fingerprint density at radius 3 is 2.70 bits per heavy atom. The summed E-state index contributed by atoms with van der Waals surface area (Å²) in [6, 6.07) is 9.17. The topological polar surface area (TPSA) is 105 Å². The van der Waals surface area contributed by atoms with Gasteiger partial charge in [-0.1, -0.05) is 29.3 Å². The fraction of sp³-hybridized carbons (Fsp3) is 0.435. The fourth-order valence-electron chi connectivity index (χ4n) is 4.13. The van der Waals surface area contributed by atoms with Crippen LogP contribution < -0.4 is 5.32 Å². The van der Waals surface area contributed by atoms with Crippen LogP contribution in [-0.2, 0) is 14.8 Å². The molecule has 33 heavy (non-hydrogen) atoms. The monoisotopic (exact) mass is 486 g/mol. The minimum atomic E-state index is -3.71. The molecule has 2 aliphatic rings. The molecule has 3 heterocycles. The minimum Gasteiger partial charge on any atom is -0.339 e. The lowest BCUT2D eigenvalue weighted by Gasteiger charge is -2.30. The van der Waals surface area contributed by atoms with Gasteiger partial charge in [-0.15, -0.1) is 11.3 Å². The number of carbonyl (C=O) groups is 1. The van der Waals surface area contributed by atoms with Gasteiger partial charge in [0.15, 0.2) is 0 Å². The largest absolute Gasteiger partial charge is 0.339 e. The van der Waals surface area contributed by atoms with E-state index in [1.807, 2.05) is 31.2 Å². The summed E-state index contributed by atoms with van der Waals surface area (Å²) in [4.78, 5) is 17.2. The Labute approximate surface area is 197 Å². The summed E-state index contributed by atoms with van der Waals surface area (Å²) < 4.78 is 33.6. The molecule has 10 heteroatoms. The van der Waals surface area contributed by atoms with E-state index in [2.05, 4.69) is 15.5 Å². The third-order valence-electron chi connectivity index (χ3n) is 6.40. The van der Waals surface area contributed by atoms with Gasteiger partial charge in [0.2, 0.25) is 17.6 Å². The Kier molecular flexibility index (Phi) is 6.07. The van der Waals surface area contributed by atoms with E-state index in [1.165, 1.54) is 10.7 Å². The molecule has 174 valence electrons. The van der Waals surface area contributed by atoms with Crippen molar-refractivity contribution >= 4 is 33.0 Å². The van der Waals surface area contributed by atoms with E-state index in [-0.39, 0.29) is 16.7 Å². The smallest absolute Gasteiger partial charge is 0.252 e. The van der Waals surface area contributed by atoms with Gasteiger partial charge in [0.1, 0.15) is 4.21 Å². The molecule has 1 saturated heterocycles. The van der Waals surface area contributed by atoms with Crippen molar-refractivity contribution in [2.45, 2.75) is 49.2 Å². The summed E-state index contributed by atoms with van der Waals surface area (Å²) in [6.07, 6.45) is 4.57. The van der Waals surface area contributed by atoms with Crippen molar-refractivity contribution in [3.05, 3.63) is 47.2 Å². The molecular weight excluding hydrogens is 460 g/mol. The van der Waals surface area contributed by atoms with Gasteiger partial charge in [0, 0.05) is 35.6 Å².